The van der Waals surface area contributed by atoms with E-state index in [9.17, 15) is 0 Å². The molecule has 0 bridgehead atoms. The van der Waals surface area contributed by atoms with E-state index >= 15 is 0 Å². The maximum Gasteiger partial charge on any atom is 0.202 e. The molecule has 0 saturated heterocycles. The SMILES string of the molecule is CCCc1nsc(NCc2ccno2)n1. The van der Waals surface area contributed by atoms with Crippen LogP contribution < -0.4 is 5.32 Å². The van der Waals surface area contributed by atoms with Crippen LogP contribution in [0, 0.1) is 0 Å². The molecule has 0 aliphatic heterocycles. The molecule has 1 N–H and O–H groups in total. The van der Waals surface area contributed by atoms with Crippen LogP contribution in [-0.4, -0.2) is 14.5 Å². The average Bonchev–Trinajstić information content (AvgIpc) is 2.85. The zero-order valence-corrected chi connectivity index (χ0v) is 9.25. The van der Waals surface area contributed by atoms with Crippen LogP contribution in [0.25, 0.3) is 0 Å². The van der Waals surface area contributed by atoms with Crippen molar-refractivity contribution in [1.82, 2.24) is 14.5 Å². The van der Waals surface area contributed by atoms with E-state index in [0.29, 0.717) is 6.54 Å². The Labute approximate surface area is 91.7 Å². The number of aryl methyl sites for hydroxylation is 1. The molecule has 2 aromatic rings. The van der Waals surface area contributed by atoms with Gasteiger partial charge in [0.15, 0.2) is 5.76 Å². The van der Waals surface area contributed by atoms with Gasteiger partial charge < -0.3 is 9.84 Å². The molecule has 6 heteroatoms. The molecule has 0 fully saturated rings. The van der Waals surface area contributed by atoms with Crippen molar-refractivity contribution in [2.75, 3.05) is 5.32 Å². The van der Waals surface area contributed by atoms with Gasteiger partial charge in [0.2, 0.25) is 5.13 Å². The van der Waals surface area contributed by atoms with E-state index in [2.05, 4.69) is 26.8 Å². The van der Waals surface area contributed by atoms with E-state index in [1.807, 2.05) is 6.07 Å². The van der Waals surface area contributed by atoms with Gasteiger partial charge in [0.25, 0.3) is 0 Å². The van der Waals surface area contributed by atoms with E-state index in [4.69, 9.17) is 4.52 Å². The summed E-state index contributed by atoms with van der Waals surface area (Å²) < 4.78 is 9.18. The first-order valence-electron chi connectivity index (χ1n) is 4.84. The van der Waals surface area contributed by atoms with Crippen molar-refractivity contribution in [3.63, 3.8) is 0 Å². The van der Waals surface area contributed by atoms with Crippen molar-refractivity contribution in [1.29, 1.82) is 0 Å². The molecule has 0 aliphatic carbocycles. The molecule has 0 spiro atoms. The molecule has 0 unspecified atom stereocenters. The zero-order valence-electron chi connectivity index (χ0n) is 8.43. The third kappa shape index (κ3) is 2.76. The van der Waals surface area contributed by atoms with Crippen molar-refractivity contribution in [3.8, 4) is 0 Å². The van der Waals surface area contributed by atoms with Crippen LogP contribution >= 0.6 is 11.5 Å². The Bertz CT molecular complexity index is 398. The maximum atomic E-state index is 4.95. The summed E-state index contributed by atoms with van der Waals surface area (Å²) in [4.78, 5) is 4.33. The summed E-state index contributed by atoms with van der Waals surface area (Å²) in [7, 11) is 0. The van der Waals surface area contributed by atoms with Crippen molar-refractivity contribution >= 4 is 16.7 Å². The molecule has 15 heavy (non-hydrogen) atoms. The lowest BCUT2D eigenvalue weighted by atomic mass is 10.3. The van der Waals surface area contributed by atoms with Gasteiger partial charge in [0.05, 0.1) is 12.7 Å². The maximum absolute atomic E-state index is 4.95. The van der Waals surface area contributed by atoms with E-state index < -0.39 is 0 Å². The highest BCUT2D eigenvalue weighted by Gasteiger charge is 2.03. The normalized spacial score (nSPS) is 10.5. The lowest BCUT2D eigenvalue weighted by Crippen LogP contribution is -1.97. The minimum atomic E-state index is 0.598. The smallest absolute Gasteiger partial charge is 0.202 e. The quantitative estimate of drug-likeness (QED) is 0.842. The lowest BCUT2D eigenvalue weighted by molar-refractivity contribution is 0.388. The number of nitrogens with one attached hydrogen (secondary N) is 1. The van der Waals surface area contributed by atoms with Crippen molar-refractivity contribution in [2.24, 2.45) is 0 Å². The van der Waals surface area contributed by atoms with Gasteiger partial charge in [-0.15, -0.1) is 0 Å². The van der Waals surface area contributed by atoms with E-state index in [1.54, 1.807) is 6.20 Å². The highest BCUT2D eigenvalue weighted by atomic mass is 32.1. The van der Waals surface area contributed by atoms with Gasteiger partial charge in [0.1, 0.15) is 5.82 Å². The Morgan fingerprint density at radius 1 is 1.53 bits per heavy atom. The summed E-state index contributed by atoms with van der Waals surface area (Å²) >= 11 is 1.38. The van der Waals surface area contributed by atoms with E-state index in [-0.39, 0.29) is 0 Å². The Kier molecular flexibility index (Phi) is 3.29. The van der Waals surface area contributed by atoms with Crippen LogP contribution in [0.5, 0.6) is 0 Å². The number of hydrogen-bond donors (Lipinski definition) is 1. The summed E-state index contributed by atoms with van der Waals surface area (Å²) in [5.41, 5.74) is 0. The molecule has 80 valence electrons. The van der Waals surface area contributed by atoms with Crippen LogP contribution in [-0.2, 0) is 13.0 Å². The number of hydrogen-bond acceptors (Lipinski definition) is 6. The highest BCUT2D eigenvalue weighted by Crippen LogP contribution is 2.13. The largest absolute Gasteiger partial charge is 0.360 e. The van der Waals surface area contributed by atoms with E-state index in [0.717, 1.165) is 29.6 Å². The highest BCUT2D eigenvalue weighted by molar-refractivity contribution is 7.09. The molecule has 5 nitrogen and oxygen atoms in total. The van der Waals surface area contributed by atoms with Crippen LogP contribution in [0.3, 0.4) is 0 Å². The van der Waals surface area contributed by atoms with Crippen molar-refractivity contribution in [3.05, 3.63) is 23.8 Å². The van der Waals surface area contributed by atoms with Gasteiger partial charge in [-0.25, -0.2) is 4.98 Å². The predicted molar refractivity (Wildman–Crippen MR) is 57.7 cm³/mol. The molecule has 0 aromatic carbocycles. The first kappa shape index (κ1) is 10.1. The van der Waals surface area contributed by atoms with Crippen molar-refractivity contribution < 1.29 is 4.52 Å². The molecule has 0 saturated carbocycles. The molecule has 0 atom stereocenters. The standard InChI is InChI=1S/C9H12N4OS/c1-2-3-8-12-9(15-13-8)10-6-7-4-5-11-14-7/h4-5H,2-3,6H2,1H3,(H,10,12,13). The Hall–Kier alpha value is -1.43. The van der Waals surface area contributed by atoms with Crippen LogP contribution in [0.1, 0.15) is 24.9 Å². The molecular weight excluding hydrogens is 212 g/mol. The Morgan fingerprint density at radius 3 is 3.20 bits per heavy atom. The second-order valence-electron chi connectivity index (χ2n) is 3.10. The summed E-state index contributed by atoms with van der Waals surface area (Å²) in [5.74, 6) is 1.70. The van der Waals surface area contributed by atoms with Crippen molar-refractivity contribution in [2.45, 2.75) is 26.3 Å². The second-order valence-corrected chi connectivity index (χ2v) is 3.85. The molecule has 0 amide bonds. The number of aromatic nitrogens is 3. The van der Waals surface area contributed by atoms with Gasteiger partial charge >= 0.3 is 0 Å². The Balaban J connectivity index is 1.88. The van der Waals surface area contributed by atoms with Crippen LogP contribution in [0.15, 0.2) is 16.8 Å². The first-order chi connectivity index (χ1) is 7.38. The summed E-state index contributed by atoms with van der Waals surface area (Å²) in [6.07, 6.45) is 3.62. The molecular formula is C9H12N4OS. The predicted octanol–water partition coefficient (Wildman–Crippen LogP) is 2.09. The minimum absolute atomic E-state index is 0.598. The fourth-order valence-corrected chi connectivity index (χ4v) is 1.75. The van der Waals surface area contributed by atoms with Gasteiger partial charge in [-0.2, -0.15) is 4.37 Å². The summed E-state index contributed by atoms with van der Waals surface area (Å²) in [6, 6.07) is 1.82. The third-order valence-electron chi connectivity index (χ3n) is 1.85. The molecule has 2 rings (SSSR count). The minimum Gasteiger partial charge on any atom is -0.360 e. The monoisotopic (exact) mass is 224 g/mol. The van der Waals surface area contributed by atoms with Crippen LogP contribution in [0.2, 0.25) is 0 Å². The number of anilines is 1. The number of rotatable bonds is 5. The summed E-state index contributed by atoms with van der Waals surface area (Å²) in [5, 5.41) is 7.59. The fourth-order valence-electron chi connectivity index (χ4n) is 1.15. The Morgan fingerprint density at radius 2 is 2.47 bits per heavy atom. The average molecular weight is 224 g/mol. The first-order valence-corrected chi connectivity index (χ1v) is 5.62. The van der Waals surface area contributed by atoms with Gasteiger partial charge in [0, 0.05) is 24.0 Å². The molecule has 0 aliphatic rings. The fraction of sp³-hybridized carbons (Fsp3) is 0.444. The second kappa shape index (κ2) is 4.88. The zero-order chi connectivity index (χ0) is 10.5. The van der Waals surface area contributed by atoms with Crippen LogP contribution in [0.4, 0.5) is 5.13 Å². The van der Waals surface area contributed by atoms with E-state index in [1.165, 1.54) is 11.5 Å². The van der Waals surface area contributed by atoms with Gasteiger partial charge in [-0.3, -0.25) is 0 Å². The van der Waals surface area contributed by atoms with Gasteiger partial charge in [-0.1, -0.05) is 12.1 Å². The molecule has 0 radical (unpaired) electrons. The third-order valence-corrected chi connectivity index (χ3v) is 2.56. The molecule has 2 aromatic heterocycles. The molecule has 2 heterocycles. The lowest BCUT2D eigenvalue weighted by Gasteiger charge is -1.95. The topological polar surface area (TPSA) is 63.8 Å². The summed E-state index contributed by atoms with van der Waals surface area (Å²) in [6.45, 7) is 2.71. The number of nitrogens with zero attached hydrogens (tertiary/aromatic N) is 3. The van der Waals surface area contributed by atoms with Gasteiger partial charge in [-0.05, 0) is 6.42 Å².